The molecule has 2 aromatic carbocycles. The Labute approximate surface area is 162 Å². The zero-order valence-electron chi connectivity index (χ0n) is 14.7. The van der Waals surface area contributed by atoms with E-state index in [1.807, 2.05) is 0 Å². The van der Waals surface area contributed by atoms with Gasteiger partial charge in [0.1, 0.15) is 0 Å². The van der Waals surface area contributed by atoms with E-state index in [2.05, 4.69) is 4.98 Å². The second kappa shape index (κ2) is 7.32. The summed E-state index contributed by atoms with van der Waals surface area (Å²) in [5.74, 6) is 0.285. The third kappa shape index (κ3) is 3.90. The standard InChI is InChI=1S/C18H17N3O5S2/c1-26-17-11-5-9-15(21-17)14-8-4-7-13(18(14)28(20,24)25)12-6-2-3-10-16(12)27(19,22)23/h2-11H,1H3,(H2,19,22,23)(H2,20,24,25). The number of pyridine rings is 1. The van der Waals surface area contributed by atoms with Gasteiger partial charge in [-0.25, -0.2) is 32.1 Å². The van der Waals surface area contributed by atoms with E-state index in [9.17, 15) is 16.8 Å². The third-order valence-corrected chi connectivity index (χ3v) is 5.97. The van der Waals surface area contributed by atoms with E-state index < -0.39 is 20.0 Å². The van der Waals surface area contributed by atoms with Crippen molar-refractivity contribution in [2.75, 3.05) is 7.11 Å². The Bertz CT molecular complexity index is 1260. The first-order valence-electron chi connectivity index (χ1n) is 7.92. The molecule has 0 aliphatic rings. The van der Waals surface area contributed by atoms with Gasteiger partial charge in [-0.05, 0) is 12.1 Å². The molecule has 0 fully saturated rings. The fourth-order valence-electron chi connectivity index (χ4n) is 2.87. The Balaban J connectivity index is 2.41. The topological polar surface area (TPSA) is 142 Å². The van der Waals surface area contributed by atoms with Crippen LogP contribution in [-0.4, -0.2) is 28.9 Å². The van der Waals surface area contributed by atoms with E-state index >= 15 is 0 Å². The van der Waals surface area contributed by atoms with Crippen molar-refractivity contribution in [1.82, 2.24) is 4.98 Å². The molecule has 10 heteroatoms. The largest absolute Gasteiger partial charge is 0.481 e. The highest BCUT2D eigenvalue weighted by Gasteiger charge is 2.25. The van der Waals surface area contributed by atoms with Gasteiger partial charge in [0.25, 0.3) is 0 Å². The molecule has 0 aliphatic carbocycles. The van der Waals surface area contributed by atoms with Gasteiger partial charge < -0.3 is 4.74 Å². The van der Waals surface area contributed by atoms with Gasteiger partial charge in [0.05, 0.1) is 22.6 Å². The lowest BCUT2D eigenvalue weighted by molar-refractivity contribution is 0.398. The highest BCUT2D eigenvalue weighted by atomic mass is 32.2. The summed E-state index contributed by atoms with van der Waals surface area (Å²) in [7, 11) is -6.93. The zero-order chi connectivity index (χ0) is 20.5. The third-order valence-electron chi connectivity index (χ3n) is 3.99. The molecular weight excluding hydrogens is 402 g/mol. The van der Waals surface area contributed by atoms with Crippen LogP contribution in [0.15, 0.2) is 70.5 Å². The van der Waals surface area contributed by atoms with Crippen molar-refractivity contribution in [3.63, 3.8) is 0 Å². The maximum atomic E-state index is 12.5. The summed E-state index contributed by atoms with van der Waals surface area (Å²) in [5, 5.41) is 10.8. The normalized spacial score (nSPS) is 12.0. The number of benzene rings is 2. The molecule has 3 aromatic rings. The molecule has 0 saturated heterocycles. The predicted octanol–water partition coefficient (Wildman–Crippen LogP) is 1.72. The van der Waals surface area contributed by atoms with Crippen LogP contribution in [0.4, 0.5) is 0 Å². The minimum atomic E-state index is -4.26. The minimum absolute atomic E-state index is 0.106. The van der Waals surface area contributed by atoms with Gasteiger partial charge in [0.15, 0.2) is 0 Å². The van der Waals surface area contributed by atoms with Crippen LogP contribution < -0.4 is 15.0 Å². The van der Waals surface area contributed by atoms with Crippen LogP contribution in [0.1, 0.15) is 0 Å². The summed E-state index contributed by atoms with van der Waals surface area (Å²) in [6.45, 7) is 0. The molecule has 0 aliphatic heterocycles. The Morgan fingerprint density at radius 1 is 0.750 bits per heavy atom. The number of aromatic nitrogens is 1. The molecule has 1 heterocycles. The van der Waals surface area contributed by atoms with Crippen LogP contribution in [0.2, 0.25) is 0 Å². The molecule has 0 spiro atoms. The number of methoxy groups -OCH3 is 1. The van der Waals surface area contributed by atoms with Gasteiger partial charge in [-0.1, -0.05) is 42.5 Å². The zero-order valence-corrected chi connectivity index (χ0v) is 16.4. The van der Waals surface area contributed by atoms with E-state index in [1.165, 1.54) is 37.4 Å². The van der Waals surface area contributed by atoms with Crippen molar-refractivity contribution in [2.24, 2.45) is 10.3 Å². The van der Waals surface area contributed by atoms with Crippen molar-refractivity contribution >= 4 is 20.0 Å². The van der Waals surface area contributed by atoms with Crippen LogP contribution in [-0.2, 0) is 20.0 Å². The second-order valence-electron chi connectivity index (χ2n) is 5.83. The van der Waals surface area contributed by atoms with Gasteiger partial charge >= 0.3 is 0 Å². The van der Waals surface area contributed by atoms with Gasteiger partial charge in [0, 0.05) is 22.8 Å². The highest BCUT2D eigenvalue weighted by Crippen LogP contribution is 2.37. The lowest BCUT2D eigenvalue weighted by atomic mass is 10.0. The maximum Gasteiger partial charge on any atom is 0.239 e. The molecule has 28 heavy (non-hydrogen) atoms. The number of sulfonamides is 2. The van der Waals surface area contributed by atoms with Gasteiger partial charge in [-0.15, -0.1) is 0 Å². The average Bonchev–Trinajstić information content (AvgIpc) is 2.66. The Kier molecular flexibility index (Phi) is 5.22. The van der Waals surface area contributed by atoms with Crippen molar-refractivity contribution in [3.05, 3.63) is 60.7 Å². The van der Waals surface area contributed by atoms with Crippen molar-refractivity contribution in [2.45, 2.75) is 9.79 Å². The van der Waals surface area contributed by atoms with Crippen molar-refractivity contribution < 1.29 is 21.6 Å². The molecule has 0 saturated carbocycles. The van der Waals surface area contributed by atoms with Crippen LogP contribution in [0.3, 0.4) is 0 Å². The van der Waals surface area contributed by atoms with Crippen LogP contribution in [0.25, 0.3) is 22.4 Å². The van der Waals surface area contributed by atoms with Crippen molar-refractivity contribution in [3.8, 4) is 28.3 Å². The molecule has 0 atom stereocenters. The smallest absolute Gasteiger partial charge is 0.239 e. The number of ether oxygens (including phenoxy) is 1. The SMILES string of the molecule is COc1cccc(-c2cccc(-c3ccccc3S(N)(=O)=O)c2S(N)(=O)=O)n1. The first-order chi connectivity index (χ1) is 13.1. The number of rotatable bonds is 5. The lowest BCUT2D eigenvalue weighted by Gasteiger charge is -2.15. The second-order valence-corrected chi connectivity index (χ2v) is 8.86. The quantitative estimate of drug-likeness (QED) is 0.645. The number of nitrogens with zero attached hydrogens (tertiary/aromatic N) is 1. The van der Waals surface area contributed by atoms with Crippen LogP contribution >= 0.6 is 0 Å². The van der Waals surface area contributed by atoms with E-state index in [-0.39, 0.29) is 32.4 Å². The maximum absolute atomic E-state index is 12.5. The molecular formula is C18H17N3O5S2. The lowest BCUT2D eigenvalue weighted by Crippen LogP contribution is -2.17. The molecule has 0 amide bonds. The monoisotopic (exact) mass is 419 g/mol. The first kappa shape index (κ1) is 20.0. The molecule has 3 rings (SSSR count). The molecule has 4 N–H and O–H groups in total. The Hall–Kier alpha value is -2.79. The van der Waals surface area contributed by atoms with Crippen molar-refractivity contribution in [1.29, 1.82) is 0 Å². The van der Waals surface area contributed by atoms with Gasteiger partial charge in [0.2, 0.25) is 25.9 Å². The number of hydrogen-bond acceptors (Lipinski definition) is 6. The fourth-order valence-corrected chi connectivity index (χ4v) is 4.59. The predicted molar refractivity (Wildman–Crippen MR) is 104 cm³/mol. The summed E-state index contributed by atoms with van der Waals surface area (Å²) in [6, 6.07) is 15.3. The molecule has 0 bridgehead atoms. The number of hydrogen-bond donors (Lipinski definition) is 2. The molecule has 0 radical (unpaired) electrons. The summed E-state index contributed by atoms with van der Waals surface area (Å²) >= 11 is 0. The molecule has 0 unspecified atom stereocenters. The first-order valence-corrected chi connectivity index (χ1v) is 11.0. The molecule has 8 nitrogen and oxygen atoms in total. The molecule has 1 aromatic heterocycles. The van der Waals surface area contributed by atoms with E-state index in [0.29, 0.717) is 5.69 Å². The average molecular weight is 419 g/mol. The van der Waals surface area contributed by atoms with E-state index in [4.69, 9.17) is 15.0 Å². The Morgan fingerprint density at radius 2 is 1.36 bits per heavy atom. The number of primary sulfonamides is 2. The minimum Gasteiger partial charge on any atom is -0.481 e. The summed E-state index contributed by atoms with van der Waals surface area (Å²) in [4.78, 5) is 3.79. The number of nitrogens with two attached hydrogens (primary N) is 2. The summed E-state index contributed by atoms with van der Waals surface area (Å²) in [6.07, 6.45) is 0. The van der Waals surface area contributed by atoms with E-state index in [0.717, 1.165) is 0 Å². The van der Waals surface area contributed by atoms with Gasteiger partial charge in [-0.3, -0.25) is 0 Å². The van der Waals surface area contributed by atoms with Crippen LogP contribution in [0, 0.1) is 0 Å². The highest BCUT2D eigenvalue weighted by molar-refractivity contribution is 7.89. The summed E-state index contributed by atoms with van der Waals surface area (Å²) in [5.41, 5.74) is 0.745. The fraction of sp³-hybridized carbons (Fsp3) is 0.0556. The van der Waals surface area contributed by atoms with Crippen LogP contribution in [0.5, 0.6) is 5.88 Å². The Morgan fingerprint density at radius 3 is 2.00 bits per heavy atom. The van der Waals surface area contributed by atoms with Gasteiger partial charge in [-0.2, -0.15) is 0 Å². The molecule has 146 valence electrons. The van der Waals surface area contributed by atoms with E-state index in [1.54, 1.807) is 30.3 Å². The summed E-state index contributed by atoms with van der Waals surface area (Å²) < 4.78 is 54.0.